The van der Waals surface area contributed by atoms with Gasteiger partial charge in [-0.25, -0.2) is 4.98 Å². The van der Waals surface area contributed by atoms with Crippen molar-refractivity contribution in [3.63, 3.8) is 0 Å². The summed E-state index contributed by atoms with van der Waals surface area (Å²) in [5, 5.41) is 6.31. The molecule has 1 aliphatic rings. The molecule has 0 atom stereocenters. The molecule has 6 nitrogen and oxygen atoms in total. The second-order valence-corrected chi connectivity index (χ2v) is 12.6. The predicted octanol–water partition coefficient (Wildman–Crippen LogP) is 11.1. The zero-order chi connectivity index (χ0) is 33.6. The monoisotopic (exact) mass is 843 g/mol. The smallest absolute Gasteiger partial charge is 0.145 e. The Kier molecular flexibility index (Phi) is 8.64. The van der Waals surface area contributed by atoms with Gasteiger partial charge in [-0.05, 0) is 72.8 Å². The van der Waals surface area contributed by atoms with Gasteiger partial charge in [0, 0.05) is 44.2 Å². The molecule has 1 aliphatic heterocycles. The maximum atomic E-state index is 5.01. The molecule has 0 unspecified atom stereocenters. The van der Waals surface area contributed by atoms with Gasteiger partial charge in [-0.15, -0.1) is 45.8 Å². The van der Waals surface area contributed by atoms with E-state index in [1.807, 2.05) is 23.4 Å². The third kappa shape index (κ3) is 5.77. The van der Waals surface area contributed by atoms with Crippen LogP contribution in [0.25, 0.3) is 38.8 Å². The molecule has 7 heteroatoms. The maximum Gasteiger partial charge on any atom is 0.145 e. The van der Waals surface area contributed by atoms with Crippen LogP contribution in [0.15, 0.2) is 158 Å². The summed E-state index contributed by atoms with van der Waals surface area (Å²) >= 11 is 0. The Bertz CT molecular complexity index is 2480. The molecular weight excluding hydrogens is 810 g/mol. The average Bonchev–Trinajstić information content (AvgIpc) is 3.73. The van der Waals surface area contributed by atoms with Crippen molar-refractivity contribution in [1.29, 1.82) is 0 Å². The van der Waals surface area contributed by atoms with Crippen LogP contribution in [0.2, 0.25) is 0 Å². The van der Waals surface area contributed by atoms with Crippen molar-refractivity contribution in [2.24, 2.45) is 0 Å². The summed E-state index contributed by atoms with van der Waals surface area (Å²) in [6.45, 7) is 4.31. The van der Waals surface area contributed by atoms with E-state index in [4.69, 9.17) is 9.92 Å². The maximum absolute atomic E-state index is 5.01. The molecule has 0 saturated carbocycles. The average molecular weight is 844 g/mol. The van der Waals surface area contributed by atoms with E-state index in [2.05, 4.69) is 180 Å². The molecule has 0 spiro atoms. The van der Waals surface area contributed by atoms with Crippen molar-refractivity contribution in [2.45, 2.75) is 19.9 Å². The molecule has 0 radical (unpaired) electrons. The van der Waals surface area contributed by atoms with Crippen molar-refractivity contribution in [3.05, 3.63) is 170 Å². The first-order chi connectivity index (χ1) is 24.6. The van der Waals surface area contributed by atoms with Crippen LogP contribution < -0.4 is 15.0 Å². The van der Waals surface area contributed by atoms with Gasteiger partial charge in [-0.1, -0.05) is 95.8 Å². The number of pyridine rings is 1. The third-order valence-corrected chi connectivity index (χ3v) is 9.17. The number of anilines is 6. The van der Waals surface area contributed by atoms with E-state index in [1.54, 1.807) is 0 Å². The first-order valence-electron chi connectivity index (χ1n) is 16.9. The van der Waals surface area contributed by atoms with E-state index in [-0.39, 0.29) is 27.1 Å². The van der Waals surface area contributed by atoms with Crippen LogP contribution in [-0.4, -0.2) is 20.5 Å². The van der Waals surface area contributed by atoms with Crippen LogP contribution in [0, 0.1) is 12.1 Å². The predicted molar refractivity (Wildman–Crippen MR) is 204 cm³/mol. The molecule has 0 fully saturated rings. The van der Waals surface area contributed by atoms with Gasteiger partial charge in [-0.3, -0.25) is 0 Å². The Labute approximate surface area is 311 Å². The molecule has 6 aromatic carbocycles. The van der Waals surface area contributed by atoms with Crippen LogP contribution in [-0.2, 0) is 21.1 Å². The van der Waals surface area contributed by atoms with Gasteiger partial charge in [0.15, 0.2) is 0 Å². The molecule has 1 N–H and O–H groups in total. The van der Waals surface area contributed by atoms with Crippen molar-refractivity contribution >= 4 is 55.9 Å². The van der Waals surface area contributed by atoms with E-state index >= 15 is 0 Å². The van der Waals surface area contributed by atoms with Crippen molar-refractivity contribution in [1.82, 2.24) is 9.55 Å². The molecule has 51 heavy (non-hydrogen) atoms. The number of fused-ring (bicyclic) bond motifs is 4. The summed E-state index contributed by atoms with van der Waals surface area (Å²) in [5.74, 6) is 0.842. The molecular formula is C44H34N5OPt-. The SMILES string of the molecule is CC(C)N1[OH+]N(c2[c-]c(N(c3[c-]c4c(cc3)c3ccccc3n4-c3cc(-c4ccccc4)ccn3)c3ccccc3)ccc2)c2ccccc21.[Pt]. The number of para-hydroxylation sites is 4. The van der Waals surface area contributed by atoms with E-state index in [9.17, 15) is 0 Å². The minimum atomic E-state index is 0. The van der Waals surface area contributed by atoms with E-state index in [1.165, 1.54) is 0 Å². The van der Waals surface area contributed by atoms with Gasteiger partial charge >= 0.3 is 0 Å². The van der Waals surface area contributed by atoms with Crippen molar-refractivity contribution in [2.75, 3.05) is 15.0 Å². The molecule has 0 amide bonds. The van der Waals surface area contributed by atoms with Crippen molar-refractivity contribution < 1.29 is 26.0 Å². The minimum Gasteiger partial charge on any atom is -0.358 e. The molecule has 3 heterocycles. The number of aromatic nitrogens is 2. The quantitative estimate of drug-likeness (QED) is 0.118. The minimum absolute atomic E-state index is 0. The molecule has 2 aromatic heterocycles. The number of rotatable bonds is 7. The summed E-state index contributed by atoms with van der Waals surface area (Å²) in [7, 11) is 0. The molecule has 0 bridgehead atoms. The second-order valence-electron chi connectivity index (χ2n) is 12.6. The Morgan fingerprint density at radius 2 is 1.33 bits per heavy atom. The van der Waals surface area contributed by atoms with Crippen LogP contribution in [0.3, 0.4) is 0 Å². The van der Waals surface area contributed by atoms with Gasteiger partial charge in [0.2, 0.25) is 0 Å². The zero-order valence-electron chi connectivity index (χ0n) is 28.1. The zero-order valence-corrected chi connectivity index (χ0v) is 30.4. The first kappa shape index (κ1) is 32.5. The summed E-state index contributed by atoms with van der Waals surface area (Å²) in [6, 6.07) is 60.3. The fraction of sp³-hybridized carbons (Fsp3) is 0.0682. The summed E-state index contributed by atoms with van der Waals surface area (Å²) < 4.78 is 2.23. The first-order valence-corrected chi connectivity index (χ1v) is 16.9. The summed E-state index contributed by atoms with van der Waals surface area (Å²) in [4.78, 5) is 12.1. The standard InChI is InChI=1S/C44H33N5O.Pt/c1-31(2)48-41-22-11-12-23-42(41)49(50-48)37-19-13-18-35(29-37)46(34-16-7-4-8-17-34)36-24-25-39-38-20-9-10-21-40(38)47(43(39)30-36)44-28-33(26-27-45-44)32-14-5-3-6-15-32;/h3-28,31H,1-2H3;/q-2;/p+1. The van der Waals surface area contributed by atoms with Crippen LogP contribution in [0.5, 0.6) is 0 Å². The number of hydrogen-bond acceptors (Lipinski definition) is 4. The summed E-state index contributed by atoms with van der Waals surface area (Å²) in [6.07, 6.45) is 1.89. The normalized spacial score (nSPS) is 12.4. The Morgan fingerprint density at radius 1 is 0.627 bits per heavy atom. The molecule has 0 aliphatic carbocycles. The van der Waals surface area contributed by atoms with Crippen LogP contribution in [0.4, 0.5) is 34.1 Å². The Balaban J connectivity index is 0.00000374. The van der Waals surface area contributed by atoms with Gasteiger partial charge in [0.05, 0.1) is 6.04 Å². The molecule has 252 valence electrons. The van der Waals surface area contributed by atoms with E-state index in [0.717, 1.165) is 72.9 Å². The number of nitrogens with zero attached hydrogens (tertiary/aromatic N) is 5. The Morgan fingerprint density at radius 3 is 2.14 bits per heavy atom. The van der Waals surface area contributed by atoms with Crippen LogP contribution >= 0.6 is 0 Å². The number of hydrogen-bond donors (Lipinski definition) is 0. The van der Waals surface area contributed by atoms with Gasteiger partial charge in [0.1, 0.15) is 17.2 Å². The van der Waals surface area contributed by atoms with Gasteiger partial charge in [0.25, 0.3) is 0 Å². The van der Waals surface area contributed by atoms with E-state index < -0.39 is 0 Å². The van der Waals surface area contributed by atoms with Crippen molar-refractivity contribution in [3.8, 4) is 16.9 Å². The topological polar surface area (TPSA) is 40.3 Å². The molecule has 8 aromatic rings. The molecule has 9 rings (SSSR count). The van der Waals surface area contributed by atoms with Gasteiger partial charge < -0.3 is 9.47 Å². The van der Waals surface area contributed by atoms with E-state index in [0.29, 0.717) is 0 Å². The summed E-state index contributed by atoms with van der Waals surface area (Å²) in [5.41, 5.74) is 10.0. The number of benzene rings is 6. The van der Waals surface area contributed by atoms with Crippen LogP contribution in [0.1, 0.15) is 13.8 Å². The molecule has 0 saturated heterocycles. The largest absolute Gasteiger partial charge is 0.358 e. The third-order valence-electron chi connectivity index (χ3n) is 9.17. The second kappa shape index (κ2) is 13.6. The Hall–Kier alpha value is -5.68. The van der Waals surface area contributed by atoms with Gasteiger partial charge in [-0.2, -0.15) is 17.1 Å². The number of hydroxylamine groups is 1. The fourth-order valence-corrected chi connectivity index (χ4v) is 6.87. The fourth-order valence-electron chi connectivity index (χ4n) is 6.87.